The van der Waals surface area contributed by atoms with Gasteiger partial charge in [0.15, 0.2) is 0 Å². The first-order chi connectivity index (χ1) is 11.1. The van der Waals surface area contributed by atoms with Crippen molar-refractivity contribution in [3.63, 3.8) is 0 Å². The average molecular weight is 330 g/mol. The standard InChI is InChI=1S/C19H24O.CH3NS/c1-4-19(3,5-2)17-11-13-18(14-12-17)20-15-16-9-7-6-8-10-16;2-1-3/h6-14H,4-5,15H2,1-3H3;1H,(H2,2,3). The first-order valence-electron chi connectivity index (χ1n) is 8.02. The highest BCUT2D eigenvalue weighted by Gasteiger charge is 2.21. The third-order valence-electron chi connectivity index (χ3n) is 4.36. The minimum absolute atomic E-state index is 0.276. The molecule has 2 aromatic carbocycles. The molecule has 3 heteroatoms. The number of benzene rings is 2. The number of thiocarbonyl (C=S) groups is 1. The molecule has 2 aromatic rings. The number of nitrogens with two attached hydrogens (primary N) is 1. The Balaban J connectivity index is 0.000000816. The maximum absolute atomic E-state index is 5.83. The highest BCUT2D eigenvalue weighted by molar-refractivity contribution is 7.78. The Morgan fingerprint density at radius 2 is 1.52 bits per heavy atom. The molecule has 0 unspecified atom stereocenters. The minimum atomic E-state index is 0.276. The molecule has 0 saturated carbocycles. The fraction of sp³-hybridized carbons (Fsp3) is 0.350. The van der Waals surface area contributed by atoms with E-state index >= 15 is 0 Å². The van der Waals surface area contributed by atoms with Gasteiger partial charge in [-0.15, -0.1) is 0 Å². The maximum atomic E-state index is 5.83. The predicted octanol–water partition coefficient (Wildman–Crippen LogP) is 5.25. The van der Waals surface area contributed by atoms with Gasteiger partial charge in [-0.1, -0.05) is 75.5 Å². The Morgan fingerprint density at radius 3 is 2.00 bits per heavy atom. The molecule has 0 aliphatic carbocycles. The van der Waals surface area contributed by atoms with Crippen molar-refractivity contribution in [1.29, 1.82) is 0 Å². The second-order valence-electron chi connectivity index (χ2n) is 5.70. The van der Waals surface area contributed by atoms with Gasteiger partial charge in [0.1, 0.15) is 12.4 Å². The Hall–Kier alpha value is -1.87. The van der Waals surface area contributed by atoms with Crippen molar-refractivity contribution in [2.45, 2.75) is 45.6 Å². The largest absolute Gasteiger partial charge is 0.489 e. The summed E-state index contributed by atoms with van der Waals surface area (Å²) in [5.41, 5.74) is 8.49. The summed E-state index contributed by atoms with van der Waals surface area (Å²) < 4.78 is 5.83. The number of rotatable bonds is 6. The highest BCUT2D eigenvalue weighted by Crippen LogP contribution is 2.31. The molecule has 0 atom stereocenters. The van der Waals surface area contributed by atoms with E-state index < -0.39 is 0 Å². The van der Waals surface area contributed by atoms with Crippen molar-refractivity contribution in [1.82, 2.24) is 0 Å². The van der Waals surface area contributed by atoms with Crippen LogP contribution in [0.5, 0.6) is 5.75 Å². The van der Waals surface area contributed by atoms with Gasteiger partial charge in [-0.05, 0) is 41.5 Å². The number of hydrogen-bond donors (Lipinski definition) is 1. The quantitative estimate of drug-likeness (QED) is 0.736. The zero-order valence-electron chi connectivity index (χ0n) is 14.3. The lowest BCUT2D eigenvalue weighted by Gasteiger charge is -2.27. The average Bonchev–Trinajstić information content (AvgIpc) is 2.61. The normalized spacial score (nSPS) is 10.4. The summed E-state index contributed by atoms with van der Waals surface area (Å²) in [7, 11) is 0. The Morgan fingerprint density at radius 1 is 1.00 bits per heavy atom. The zero-order valence-corrected chi connectivity index (χ0v) is 15.1. The molecule has 0 aliphatic heterocycles. The van der Waals surface area contributed by atoms with Gasteiger partial charge in [0, 0.05) is 0 Å². The smallest absolute Gasteiger partial charge is 0.119 e. The van der Waals surface area contributed by atoms with Crippen LogP contribution in [0.1, 0.15) is 44.7 Å². The van der Waals surface area contributed by atoms with Crippen molar-refractivity contribution in [3.8, 4) is 5.75 Å². The summed E-state index contributed by atoms with van der Waals surface area (Å²) in [6.07, 6.45) is 2.32. The van der Waals surface area contributed by atoms with Crippen LogP contribution in [0.15, 0.2) is 54.6 Å². The van der Waals surface area contributed by atoms with Gasteiger partial charge < -0.3 is 10.5 Å². The molecular weight excluding hydrogens is 302 g/mol. The van der Waals surface area contributed by atoms with Crippen LogP contribution in [-0.4, -0.2) is 5.49 Å². The summed E-state index contributed by atoms with van der Waals surface area (Å²) in [5.74, 6) is 0.937. The summed E-state index contributed by atoms with van der Waals surface area (Å²) in [6, 6.07) is 18.8. The molecule has 0 aliphatic rings. The van der Waals surface area contributed by atoms with Gasteiger partial charge in [0.25, 0.3) is 0 Å². The fourth-order valence-corrected chi connectivity index (χ4v) is 2.35. The predicted molar refractivity (Wildman–Crippen MR) is 103 cm³/mol. The van der Waals surface area contributed by atoms with E-state index in [9.17, 15) is 0 Å². The molecule has 0 radical (unpaired) electrons. The van der Waals surface area contributed by atoms with Gasteiger partial charge >= 0.3 is 0 Å². The topological polar surface area (TPSA) is 35.2 Å². The molecule has 0 heterocycles. The summed E-state index contributed by atoms with van der Waals surface area (Å²) in [6.45, 7) is 7.46. The summed E-state index contributed by atoms with van der Waals surface area (Å²) in [4.78, 5) is 0. The molecule has 0 spiro atoms. The Kier molecular flexibility index (Phi) is 8.35. The van der Waals surface area contributed by atoms with E-state index in [0.29, 0.717) is 6.61 Å². The van der Waals surface area contributed by atoms with Crippen molar-refractivity contribution >= 4 is 17.7 Å². The third kappa shape index (κ3) is 6.03. The van der Waals surface area contributed by atoms with E-state index in [-0.39, 0.29) is 5.41 Å². The Labute approximate surface area is 145 Å². The monoisotopic (exact) mass is 329 g/mol. The molecule has 2 nitrogen and oxygen atoms in total. The molecule has 2 N–H and O–H groups in total. The van der Waals surface area contributed by atoms with Gasteiger partial charge in [-0.2, -0.15) is 0 Å². The van der Waals surface area contributed by atoms with Crippen LogP contribution in [0, 0.1) is 0 Å². The molecule has 0 fully saturated rings. The van der Waals surface area contributed by atoms with Crippen LogP contribution < -0.4 is 10.5 Å². The lowest BCUT2D eigenvalue weighted by molar-refractivity contribution is 0.306. The molecule has 0 amide bonds. The maximum Gasteiger partial charge on any atom is 0.119 e. The first-order valence-corrected chi connectivity index (χ1v) is 8.49. The van der Waals surface area contributed by atoms with E-state index in [1.165, 1.54) is 11.1 Å². The van der Waals surface area contributed by atoms with Crippen LogP contribution in [0.3, 0.4) is 0 Å². The van der Waals surface area contributed by atoms with E-state index in [1.54, 1.807) is 0 Å². The van der Waals surface area contributed by atoms with Crippen LogP contribution >= 0.6 is 12.2 Å². The van der Waals surface area contributed by atoms with Crippen molar-refractivity contribution in [2.24, 2.45) is 5.73 Å². The second kappa shape index (κ2) is 10.0. The summed E-state index contributed by atoms with van der Waals surface area (Å²) >= 11 is 4.05. The third-order valence-corrected chi connectivity index (χ3v) is 4.36. The van der Waals surface area contributed by atoms with Crippen molar-refractivity contribution < 1.29 is 4.74 Å². The Bertz CT molecular complexity index is 562. The molecular formula is C20H27NOS. The van der Waals surface area contributed by atoms with Gasteiger partial charge in [-0.25, -0.2) is 0 Å². The fourth-order valence-electron chi connectivity index (χ4n) is 2.35. The first kappa shape index (κ1) is 19.2. The van der Waals surface area contributed by atoms with Crippen molar-refractivity contribution in [3.05, 3.63) is 65.7 Å². The van der Waals surface area contributed by atoms with Crippen LogP contribution in [0.4, 0.5) is 0 Å². The molecule has 0 saturated heterocycles. The van der Waals surface area contributed by atoms with Crippen molar-refractivity contribution in [2.75, 3.05) is 0 Å². The van der Waals surface area contributed by atoms with E-state index in [2.05, 4.69) is 75.1 Å². The summed E-state index contributed by atoms with van der Waals surface area (Å²) in [5, 5.41) is 0. The zero-order chi connectivity index (χ0) is 17.1. The van der Waals surface area contributed by atoms with Gasteiger partial charge in [0.05, 0.1) is 5.49 Å². The molecule has 0 bridgehead atoms. The molecule has 0 aromatic heterocycles. The van der Waals surface area contributed by atoms with E-state index in [1.807, 2.05) is 18.2 Å². The van der Waals surface area contributed by atoms with Crippen LogP contribution in [0.2, 0.25) is 0 Å². The number of hydrogen-bond acceptors (Lipinski definition) is 2. The lowest BCUT2D eigenvalue weighted by Crippen LogP contribution is -2.19. The molecule has 23 heavy (non-hydrogen) atoms. The highest BCUT2D eigenvalue weighted by atomic mass is 32.1. The van der Waals surface area contributed by atoms with E-state index in [0.717, 1.165) is 24.1 Å². The second-order valence-corrected chi connectivity index (χ2v) is 5.97. The SMILES string of the molecule is CCC(C)(CC)c1ccc(OCc2ccccc2)cc1.NC=S. The number of ether oxygens (including phenoxy) is 1. The molecule has 2 rings (SSSR count). The van der Waals surface area contributed by atoms with Crippen LogP contribution in [0.25, 0.3) is 0 Å². The lowest BCUT2D eigenvalue weighted by atomic mass is 9.78. The minimum Gasteiger partial charge on any atom is -0.489 e. The van der Waals surface area contributed by atoms with E-state index in [4.69, 9.17) is 4.74 Å². The van der Waals surface area contributed by atoms with Gasteiger partial charge in [0.2, 0.25) is 0 Å². The van der Waals surface area contributed by atoms with Crippen LogP contribution in [-0.2, 0) is 12.0 Å². The molecule has 124 valence electrons. The van der Waals surface area contributed by atoms with Gasteiger partial charge in [-0.3, -0.25) is 0 Å².